The van der Waals surface area contributed by atoms with E-state index in [1.165, 1.54) is 15.8 Å². The van der Waals surface area contributed by atoms with E-state index in [0.717, 1.165) is 12.1 Å². The number of pyridine rings is 1. The van der Waals surface area contributed by atoms with Gasteiger partial charge in [0.25, 0.3) is 5.91 Å². The van der Waals surface area contributed by atoms with Gasteiger partial charge in [0, 0.05) is 38.2 Å². The maximum absolute atomic E-state index is 13.6. The number of carbonyl (C=O) groups is 2. The van der Waals surface area contributed by atoms with Gasteiger partial charge in [-0.3, -0.25) is 14.6 Å². The molecule has 184 valence electrons. The highest BCUT2D eigenvalue weighted by Gasteiger charge is 2.32. The monoisotopic (exact) mass is 492 g/mol. The summed E-state index contributed by atoms with van der Waals surface area (Å²) in [6.07, 6.45) is 0.0905. The topological polar surface area (TPSA) is 102 Å². The molecule has 2 amide bonds. The Labute approximate surface area is 196 Å². The number of nitrogens with one attached hydrogen (secondary N) is 1. The third kappa shape index (κ3) is 6.11. The summed E-state index contributed by atoms with van der Waals surface area (Å²) in [4.78, 5) is 30.3. The van der Waals surface area contributed by atoms with Crippen LogP contribution < -0.4 is 10.1 Å². The van der Waals surface area contributed by atoms with Crippen LogP contribution in [0.15, 0.2) is 48.9 Å². The standard InChI is InChI=1S/C22H20F4N6O3/c23-15-8-14(22(24,25)26)9-18(10-15)35-17-3-6-31(7-4-17)20(33)12-28-21(34)19-13-32(30-29-19)16-2-1-5-27-11-16/h1-2,5,8-11,13,17H,3-4,6-7,12H2,(H,28,34). The molecule has 35 heavy (non-hydrogen) atoms. The lowest BCUT2D eigenvalue weighted by molar-refractivity contribution is -0.138. The second-order valence-corrected chi connectivity index (χ2v) is 7.81. The average molecular weight is 492 g/mol. The molecule has 3 heterocycles. The Morgan fingerprint density at radius 2 is 1.94 bits per heavy atom. The SMILES string of the molecule is O=C(NCC(=O)N1CCC(Oc2cc(F)cc(C(F)(F)F)c2)CC1)c1cn(-c2cccnc2)nn1. The van der Waals surface area contributed by atoms with Crippen LogP contribution in [0, 0.1) is 5.82 Å². The number of hydrogen-bond donors (Lipinski definition) is 1. The molecular weight excluding hydrogens is 472 g/mol. The van der Waals surface area contributed by atoms with Crippen molar-refractivity contribution in [1.29, 1.82) is 0 Å². The van der Waals surface area contributed by atoms with Gasteiger partial charge in [-0.25, -0.2) is 9.07 Å². The van der Waals surface area contributed by atoms with Crippen molar-refractivity contribution in [3.05, 3.63) is 66.0 Å². The number of nitrogens with zero attached hydrogens (tertiary/aromatic N) is 5. The minimum Gasteiger partial charge on any atom is -0.490 e. The molecule has 9 nitrogen and oxygen atoms in total. The summed E-state index contributed by atoms with van der Waals surface area (Å²) in [5.74, 6) is -2.16. The fourth-order valence-corrected chi connectivity index (χ4v) is 3.55. The second kappa shape index (κ2) is 10.1. The normalized spacial score (nSPS) is 14.6. The van der Waals surface area contributed by atoms with Gasteiger partial charge in [-0.1, -0.05) is 5.21 Å². The van der Waals surface area contributed by atoms with E-state index in [-0.39, 0.29) is 37.0 Å². The highest BCUT2D eigenvalue weighted by atomic mass is 19.4. The highest BCUT2D eigenvalue weighted by molar-refractivity contribution is 5.94. The molecule has 0 atom stereocenters. The van der Waals surface area contributed by atoms with Crippen molar-refractivity contribution >= 4 is 11.8 Å². The van der Waals surface area contributed by atoms with E-state index in [1.807, 2.05) is 0 Å². The molecular formula is C22H20F4N6O3. The first-order valence-corrected chi connectivity index (χ1v) is 10.6. The predicted octanol–water partition coefficient (Wildman–Crippen LogP) is 2.62. The Morgan fingerprint density at radius 1 is 1.17 bits per heavy atom. The van der Waals surface area contributed by atoms with E-state index in [2.05, 4.69) is 20.6 Å². The molecule has 3 aromatic rings. The number of piperidine rings is 1. The van der Waals surface area contributed by atoms with E-state index < -0.39 is 29.6 Å². The van der Waals surface area contributed by atoms with Crippen molar-refractivity contribution in [1.82, 2.24) is 30.2 Å². The van der Waals surface area contributed by atoms with Crippen LogP contribution in [0.1, 0.15) is 28.9 Å². The molecule has 0 saturated carbocycles. The zero-order chi connectivity index (χ0) is 25.0. The largest absolute Gasteiger partial charge is 0.490 e. The average Bonchev–Trinajstić information content (AvgIpc) is 3.33. The molecule has 1 aliphatic heterocycles. The molecule has 0 unspecified atom stereocenters. The number of likely N-dealkylation sites (tertiary alicyclic amines) is 1. The van der Waals surface area contributed by atoms with Crippen LogP contribution >= 0.6 is 0 Å². The van der Waals surface area contributed by atoms with Gasteiger partial charge >= 0.3 is 6.18 Å². The van der Waals surface area contributed by atoms with Crippen LogP contribution in [0.3, 0.4) is 0 Å². The number of hydrogen-bond acceptors (Lipinski definition) is 6. The van der Waals surface area contributed by atoms with Crippen LogP contribution in [0.2, 0.25) is 0 Å². The molecule has 0 aliphatic carbocycles. The summed E-state index contributed by atoms with van der Waals surface area (Å²) in [5, 5.41) is 10.2. The van der Waals surface area contributed by atoms with Crippen LogP contribution in [0.25, 0.3) is 5.69 Å². The van der Waals surface area contributed by atoms with Gasteiger partial charge in [-0.15, -0.1) is 5.10 Å². The summed E-state index contributed by atoms with van der Waals surface area (Å²) >= 11 is 0. The smallest absolute Gasteiger partial charge is 0.416 e. The minimum atomic E-state index is -4.69. The zero-order valence-electron chi connectivity index (χ0n) is 18.2. The van der Waals surface area contributed by atoms with Gasteiger partial charge in [0.2, 0.25) is 5.91 Å². The highest BCUT2D eigenvalue weighted by Crippen LogP contribution is 2.33. The van der Waals surface area contributed by atoms with Crippen LogP contribution in [-0.2, 0) is 11.0 Å². The van der Waals surface area contributed by atoms with Gasteiger partial charge in [-0.2, -0.15) is 13.2 Å². The van der Waals surface area contributed by atoms with Crippen LogP contribution in [-0.4, -0.2) is 62.4 Å². The van der Waals surface area contributed by atoms with E-state index in [4.69, 9.17) is 4.74 Å². The fourth-order valence-electron chi connectivity index (χ4n) is 3.55. The molecule has 1 N–H and O–H groups in total. The lowest BCUT2D eigenvalue weighted by Gasteiger charge is -2.32. The maximum Gasteiger partial charge on any atom is 0.416 e. The molecule has 1 fully saturated rings. The Balaban J connectivity index is 1.25. The van der Waals surface area contributed by atoms with Crippen LogP contribution in [0.4, 0.5) is 17.6 Å². The summed E-state index contributed by atoms with van der Waals surface area (Å²) < 4.78 is 59.1. The number of aromatic nitrogens is 4. The van der Waals surface area contributed by atoms with Crippen LogP contribution in [0.5, 0.6) is 5.75 Å². The maximum atomic E-state index is 13.6. The first kappa shape index (κ1) is 24.1. The number of carbonyl (C=O) groups excluding carboxylic acids is 2. The van der Waals surface area contributed by atoms with Crippen molar-refractivity contribution in [3.63, 3.8) is 0 Å². The van der Waals surface area contributed by atoms with Crippen molar-refractivity contribution < 1.29 is 31.9 Å². The predicted molar refractivity (Wildman–Crippen MR) is 113 cm³/mol. The van der Waals surface area contributed by atoms with Crippen molar-refractivity contribution in [2.75, 3.05) is 19.6 Å². The quantitative estimate of drug-likeness (QED) is 0.531. The zero-order valence-corrected chi connectivity index (χ0v) is 18.2. The molecule has 13 heteroatoms. The summed E-state index contributed by atoms with van der Waals surface area (Å²) in [7, 11) is 0. The molecule has 1 aliphatic rings. The van der Waals surface area contributed by atoms with E-state index in [1.54, 1.807) is 24.5 Å². The summed E-state index contributed by atoms with van der Waals surface area (Å²) in [6.45, 7) is 0.291. The number of ether oxygens (including phenoxy) is 1. The third-order valence-electron chi connectivity index (χ3n) is 5.33. The molecule has 1 saturated heterocycles. The van der Waals surface area contributed by atoms with Gasteiger partial charge < -0.3 is 15.0 Å². The Hall–Kier alpha value is -4.03. The number of benzene rings is 1. The summed E-state index contributed by atoms with van der Waals surface area (Å²) in [6, 6.07) is 5.50. The first-order valence-electron chi connectivity index (χ1n) is 10.6. The first-order chi connectivity index (χ1) is 16.7. The minimum absolute atomic E-state index is 0.0297. The van der Waals surface area contributed by atoms with Gasteiger partial charge in [-0.05, 0) is 24.3 Å². The Bertz CT molecular complexity index is 1190. The number of amides is 2. The van der Waals surface area contributed by atoms with Crippen molar-refractivity contribution in [2.45, 2.75) is 25.1 Å². The van der Waals surface area contributed by atoms with E-state index in [0.29, 0.717) is 24.6 Å². The van der Waals surface area contributed by atoms with Crippen molar-refractivity contribution in [3.8, 4) is 11.4 Å². The Kier molecular flexibility index (Phi) is 6.94. The van der Waals surface area contributed by atoms with Gasteiger partial charge in [0.05, 0.1) is 30.2 Å². The molecule has 0 bridgehead atoms. The van der Waals surface area contributed by atoms with Crippen molar-refractivity contribution in [2.24, 2.45) is 0 Å². The summed E-state index contributed by atoms with van der Waals surface area (Å²) in [5.41, 5.74) is -0.480. The molecule has 0 spiro atoms. The second-order valence-electron chi connectivity index (χ2n) is 7.81. The van der Waals surface area contributed by atoms with Gasteiger partial charge in [0.1, 0.15) is 17.7 Å². The number of halogens is 4. The molecule has 4 rings (SSSR count). The molecule has 1 aromatic carbocycles. The van der Waals surface area contributed by atoms with E-state index >= 15 is 0 Å². The number of alkyl halides is 3. The molecule has 0 radical (unpaired) electrons. The van der Waals surface area contributed by atoms with Gasteiger partial charge in [0.15, 0.2) is 5.69 Å². The number of rotatable bonds is 6. The lowest BCUT2D eigenvalue weighted by Crippen LogP contribution is -2.46. The Morgan fingerprint density at radius 3 is 2.63 bits per heavy atom. The van der Waals surface area contributed by atoms with E-state index in [9.17, 15) is 27.2 Å². The lowest BCUT2D eigenvalue weighted by atomic mass is 10.1. The molecule has 2 aromatic heterocycles. The third-order valence-corrected chi connectivity index (χ3v) is 5.33. The fraction of sp³-hybridized carbons (Fsp3) is 0.318.